The summed E-state index contributed by atoms with van der Waals surface area (Å²) in [5.74, 6) is -2.03. The van der Waals surface area contributed by atoms with Crippen LogP contribution in [-0.4, -0.2) is 43.7 Å². The maximum atomic E-state index is 12.3. The Hall–Kier alpha value is -1.57. The molecule has 1 amide bonds. The van der Waals surface area contributed by atoms with Gasteiger partial charge in [-0.1, -0.05) is 30.3 Å². The SMILES string of the molecule is O=C(N1CCC(S(=O)(=O)Cc2ccccc2)CC1)C(F)(F)F. The molecule has 0 bridgehead atoms. The fourth-order valence-electron chi connectivity index (χ4n) is 2.52. The van der Waals surface area contributed by atoms with Crippen molar-refractivity contribution in [2.24, 2.45) is 0 Å². The van der Waals surface area contributed by atoms with Crippen molar-refractivity contribution in [3.05, 3.63) is 35.9 Å². The van der Waals surface area contributed by atoms with Crippen LogP contribution in [0.25, 0.3) is 0 Å². The molecule has 1 aromatic carbocycles. The van der Waals surface area contributed by atoms with Gasteiger partial charge in [0.25, 0.3) is 0 Å². The maximum Gasteiger partial charge on any atom is 0.471 e. The molecule has 122 valence electrons. The minimum absolute atomic E-state index is 0.0387. The molecule has 0 N–H and O–H groups in total. The third kappa shape index (κ3) is 4.00. The minimum atomic E-state index is -4.91. The summed E-state index contributed by atoms with van der Waals surface area (Å²) < 4.78 is 61.6. The van der Waals surface area contributed by atoms with Crippen molar-refractivity contribution < 1.29 is 26.4 Å². The lowest BCUT2D eigenvalue weighted by Gasteiger charge is -2.32. The molecule has 0 spiro atoms. The molecular formula is C14H16F3NO3S. The van der Waals surface area contributed by atoms with Crippen LogP contribution in [0.4, 0.5) is 13.2 Å². The molecule has 2 rings (SSSR count). The molecule has 1 aliphatic heterocycles. The number of benzene rings is 1. The van der Waals surface area contributed by atoms with Gasteiger partial charge in [0.15, 0.2) is 9.84 Å². The molecule has 0 atom stereocenters. The summed E-state index contributed by atoms with van der Waals surface area (Å²) in [6.07, 6.45) is -4.83. The van der Waals surface area contributed by atoms with Crippen LogP contribution in [0.5, 0.6) is 0 Å². The molecule has 1 aromatic rings. The third-order valence-corrected chi connectivity index (χ3v) is 5.91. The molecular weight excluding hydrogens is 319 g/mol. The Morgan fingerprint density at radius 3 is 2.18 bits per heavy atom. The van der Waals surface area contributed by atoms with Gasteiger partial charge in [0.05, 0.1) is 11.0 Å². The number of hydrogen-bond acceptors (Lipinski definition) is 3. The van der Waals surface area contributed by atoms with E-state index in [9.17, 15) is 26.4 Å². The van der Waals surface area contributed by atoms with Gasteiger partial charge in [-0.25, -0.2) is 8.42 Å². The molecule has 0 unspecified atom stereocenters. The predicted molar refractivity (Wildman–Crippen MR) is 74.7 cm³/mol. The number of alkyl halides is 3. The molecule has 0 radical (unpaired) electrons. The van der Waals surface area contributed by atoms with Gasteiger partial charge < -0.3 is 4.90 Å². The normalized spacial score (nSPS) is 17.5. The van der Waals surface area contributed by atoms with Crippen LogP contribution in [0.3, 0.4) is 0 Å². The second-order valence-corrected chi connectivity index (χ2v) is 7.56. The Labute approximate surface area is 126 Å². The fourth-order valence-corrected chi connectivity index (χ4v) is 4.34. The first kappa shape index (κ1) is 16.8. The Bertz CT molecular complexity index is 620. The Morgan fingerprint density at radius 2 is 1.68 bits per heavy atom. The molecule has 1 aliphatic rings. The fraction of sp³-hybridized carbons (Fsp3) is 0.500. The molecule has 1 saturated heterocycles. The number of carbonyl (C=O) groups is 1. The van der Waals surface area contributed by atoms with Gasteiger partial charge in [-0.3, -0.25) is 4.79 Å². The van der Waals surface area contributed by atoms with Crippen molar-refractivity contribution in [1.82, 2.24) is 4.90 Å². The molecule has 0 aliphatic carbocycles. The first-order valence-electron chi connectivity index (χ1n) is 6.82. The molecule has 0 saturated carbocycles. The first-order chi connectivity index (χ1) is 10.2. The summed E-state index contributed by atoms with van der Waals surface area (Å²) in [4.78, 5) is 11.8. The number of halogens is 3. The van der Waals surface area contributed by atoms with Gasteiger partial charge in [-0.2, -0.15) is 13.2 Å². The third-order valence-electron chi connectivity index (χ3n) is 3.69. The zero-order valence-corrected chi connectivity index (χ0v) is 12.5. The zero-order valence-electron chi connectivity index (χ0n) is 11.7. The van der Waals surface area contributed by atoms with Crippen LogP contribution in [0.15, 0.2) is 30.3 Å². The minimum Gasteiger partial charge on any atom is -0.335 e. The second-order valence-electron chi connectivity index (χ2n) is 5.28. The highest BCUT2D eigenvalue weighted by molar-refractivity contribution is 7.91. The van der Waals surface area contributed by atoms with Gasteiger partial charge >= 0.3 is 12.1 Å². The number of carbonyl (C=O) groups excluding carboxylic acids is 1. The van der Waals surface area contributed by atoms with E-state index in [-0.39, 0.29) is 31.7 Å². The Morgan fingerprint density at radius 1 is 1.14 bits per heavy atom. The number of nitrogens with zero attached hydrogens (tertiary/aromatic N) is 1. The van der Waals surface area contributed by atoms with Gasteiger partial charge in [-0.05, 0) is 18.4 Å². The van der Waals surface area contributed by atoms with Crippen LogP contribution in [0.2, 0.25) is 0 Å². The van der Waals surface area contributed by atoms with Crippen molar-refractivity contribution >= 4 is 15.7 Å². The first-order valence-corrected chi connectivity index (χ1v) is 8.53. The van der Waals surface area contributed by atoms with Crippen molar-refractivity contribution in [3.63, 3.8) is 0 Å². The van der Waals surface area contributed by atoms with E-state index in [0.29, 0.717) is 10.5 Å². The smallest absolute Gasteiger partial charge is 0.335 e. The topological polar surface area (TPSA) is 54.5 Å². The molecule has 1 heterocycles. The Kier molecular flexibility index (Phi) is 4.79. The van der Waals surface area contributed by atoms with Crippen LogP contribution >= 0.6 is 0 Å². The van der Waals surface area contributed by atoms with E-state index in [1.165, 1.54) is 0 Å². The van der Waals surface area contributed by atoms with E-state index >= 15 is 0 Å². The van der Waals surface area contributed by atoms with Gasteiger partial charge in [0, 0.05) is 13.1 Å². The summed E-state index contributed by atoms with van der Waals surface area (Å²) in [6.45, 7) is -0.367. The molecule has 4 nitrogen and oxygen atoms in total. The zero-order chi connectivity index (χ0) is 16.4. The lowest BCUT2D eigenvalue weighted by molar-refractivity contribution is -0.186. The summed E-state index contributed by atoms with van der Waals surface area (Å²) in [5.41, 5.74) is 0.649. The number of hydrogen-bond donors (Lipinski definition) is 0. The summed E-state index contributed by atoms with van der Waals surface area (Å²) in [5, 5.41) is -0.704. The number of likely N-dealkylation sites (tertiary alicyclic amines) is 1. The van der Waals surface area contributed by atoms with Crippen molar-refractivity contribution in [2.75, 3.05) is 13.1 Å². The summed E-state index contributed by atoms with van der Waals surface area (Å²) in [6, 6.07) is 8.63. The van der Waals surface area contributed by atoms with E-state index in [2.05, 4.69) is 0 Å². The van der Waals surface area contributed by atoms with Crippen LogP contribution < -0.4 is 0 Å². The van der Waals surface area contributed by atoms with Crippen molar-refractivity contribution in [3.8, 4) is 0 Å². The molecule has 22 heavy (non-hydrogen) atoms. The van der Waals surface area contributed by atoms with Gasteiger partial charge in [0.1, 0.15) is 0 Å². The largest absolute Gasteiger partial charge is 0.471 e. The van der Waals surface area contributed by atoms with Crippen LogP contribution in [0.1, 0.15) is 18.4 Å². The summed E-state index contributed by atoms with van der Waals surface area (Å²) in [7, 11) is -3.44. The summed E-state index contributed by atoms with van der Waals surface area (Å²) >= 11 is 0. The number of sulfone groups is 1. The maximum absolute atomic E-state index is 12.3. The number of rotatable bonds is 3. The predicted octanol–water partition coefficient (Wildman–Crippen LogP) is 2.15. The second kappa shape index (κ2) is 6.28. The lowest BCUT2D eigenvalue weighted by Crippen LogP contribution is -2.47. The highest BCUT2D eigenvalue weighted by atomic mass is 32.2. The van der Waals surface area contributed by atoms with Crippen LogP contribution in [-0.2, 0) is 20.4 Å². The standard InChI is InChI=1S/C14H16F3NO3S/c15-14(16,17)13(19)18-8-6-12(7-9-18)22(20,21)10-11-4-2-1-3-5-11/h1-5,12H,6-10H2. The Balaban J connectivity index is 1.98. The van der Waals surface area contributed by atoms with E-state index in [1.807, 2.05) is 0 Å². The number of amides is 1. The van der Waals surface area contributed by atoms with Crippen LogP contribution in [0, 0.1) is 0 Å². The van der Waals surface area contributed by atoms with Gasteiger partial charge in [-0.15, -0.1) is 0 Å². The average Bonchev–Trinajstić information content (AvgIpc) is 2.46. The van der Waals surface area contributed by atoms with E-state index in [1.54, 1.807) is 30.3 Å². The monoisotopic (exact) mass is 335 g/mol. The highest BCUT2D eigenvalue weighted by Crippen LogP contribution is 2.25. The average molecular weight is 335 g/mol. The number of piperidine rings is 1. The van der Waals surface area contributed by atoms with E-state index in [4.69, 9.17) is 0 Å². The molecule has 0 aromatic heterocycles. The van der Waals surface area contributed by atoms with Gasteiger partial charge in [0.2, 0.25) is 0 Å². The van der Waals surface area contributed by atoms with Crippen molar-refractivity contribution in [2.45, 2.75) is 30.0 Å². The lowest BCUT2D eigenvalue weighted by atomic mass is 10.1. The molecule has 1 fully saturated rings. The quantitative estimate of drug-likeness (QED) is 0.850. The molecule has 8 heteroatoms. The van der Waals surface area contributed by atoms with E-state index in [0.717, 1.165) is 0 Å². The van der Waals surface area contributed by atoms with E-state index < -0.39 is 27.2 Å². The van der Waals surface area contributed by atoms with Crippen molar-refractivity contribution in [1.29, 1.82) is 0 Å². The highest BCUT2D eigenvalue weighted by Gasteiger charge is 2.44.